The Morgan fingerprint density at radius 2 is 1.79 bits per heavy atom. The summed E-state index contributed by atoms with van der Waals surface area (Å²) in [5, 5.41) is 13.1. The van der Waals surface area contributed by atoms with Crippen LogP contribution in [0, 0.1) is 11.7 Å². The predicted molar refractivity (Wildman–Crippen MR) is 126 cm³/mol. The fraction of sp³-hybridized carbons (Fsp3) is 0.370. The molecule has 0 spiro atoms. The third-order valence-electron chi connectivity index (χ3n) is 7.08. The van der Waals surface area contributed by atoms with Crippen molar-refractivity contribution in [2.24, 2.45) is 5.92 Å². The molecule has 7 heteroatoms. The molecule has 1 N–H and O–H groups in total. The number of aliphatic carboxylic acids is 1. The van der Waals surface area contributed by atoms with Crippen molar-refractivity contribution >= 4 is 12.0 Å². The largest absolute Gasteiger partial charge is 0.481 e. The summed E-state index contributed by atoms with van der Waals surface area (Å²) in [6, 6.07) is 14.8. The fourth-order valence-corrected chi connectivity index (χ4v) is 5.04. The van der Waals surface area contributed by atoms with E-state index in [0.717, 1.165) is 48.9 Å². The number of hydrogen-bond acceptors (Lipinski definition) is 5. The number of carbonyl (C=O) groups is 1. The Bertz CT molecular complexity index is 1160. The molecule has 1 aromatic heterocycles. The molecule has 0 unspecified atom stereocenters. The van der Waals surface area contributed by atoms with Crippen LogP contribution < -0.4 is 0 Å². The van der Waals surface area contributed by atoms with E-state index in [4.69, 9.17) is 9.63 Å². The number of allylic oxidation sites excluding steroid dienone is 1. The number of aromatic nitrogens is 2. The maximum absolute atomic E-state index is 13.5. The van der Waals surface area contributed by atoms with Gasteiger partial charge >= 0.3 is 5.97 Å². The lowest BCUT2D eigenvalue weighted by Crippen LogP contribution is -2.49. The molecule has 2 heterocycles. The van der Waals surface area contributed by atoms with Gasteiger partial charge in [0.1, 0.15) is 5.82 Å². The smallest absolute Gasteiger partial charge is 0.309 e. The van der Waals surface area contributed by atoms with Crippen LogP contribution in [0.3, 0.4) is 0 Å². The Morgan fingerprint density at radius 1 is 1.09 bits per heavy atom. The lowest BCUT2D eigenvalue weighted by molar-refractivity contribution is -0.147. The van der Waals surface area contributed by atoms with Crippen molar-refractivity contribution in [2.75, 3.05) is 13.1 Å². The van der Waals surface area contributed by atoms with E-state index in [-0.39, 0.29) is 17.2 Å². The first-order chi connectivity index (χ1) is 16.5. The van der Waals surface area contributed by atoms with Gasteiger partial charge in [0.05, 0.1) is 5.92 Å². The van der Waals surface area contributed by atoms with Gasteiger partial charge in [-0.25, -0.2) is 4.39 Å². The fourth-order valence-electron chi connectivity index (χ4n) is 5.04. The summed E-state index contributed by atoms with van der Waals surface area (Å²) in [7, 11) is 0. The topological polar surface area (TPSA) is 79.5 Å². The number of rotatable bonds is 7. The molecule has 1 aliphatic carbocycles. The highest BCUT2D eigenvalue weighted by atomic mass is 19.1. The molecule has 2 aliphatic rings. The van der Waals surface area contributed by atoms with Gasteiger partial charge in [0.2, 0.25) is 5.82 Å². The van der Waals surface area contributed by atoms with Crippen LogP contribution in [0.25, 0.3) is 17.5 Å². The van der Waals surface area contributed by atoms with Crippen molar-refractivity contribution in [3.8, 4) is 11.4 Å². The lowest BCUT2D eigenvalue weighted by atomic mass is 9.69. The molecule has 0 atom stereocenters. The predicted octanol–water partition coefficient (Wildman–Crippen LogP) is 5.31. The van der Waals surface area contributed by atoms with Crippen LogP contribution >= 0.6 is 0 Å². The standard InChI is InChI=1S/C27H28FN3O3/c28-23-10-8-22(9-11-23)27(13-2-1-3-14-27)15-12-24-29-25(30-34-24)20-6-4-19(5-7-20)16-31-17-21(18-31)26(32)33/h4-12,15,21H,1-3,13-14,16-18H2,(H,32,33). The maximum atomic E-state index is 13.5. The Morgan fingerprint density at radius 3 is 2.47 bits per heavy atom. The summed E-state index contributed by atoms with van der Waals surface area (Å²) in [6.45, 7) is 1.92. The van der Waals surface area contributed by atoms with Gasteiger partial charge in [-0.15, -0.1) is 0 Å². The molecule has 3 aromatic rings. The summed E-state index contributed by atoms with van der Waals surface area (Å²) >= 11 is 0. The quantitative estimate of drug-likeness (QED) is 0.514. The Hall–Kier alpha value is -3.32. The van der Waals surface area contributed by atoms with E-state index < -0.39 is 5.97 Å². The van der Waals surface area contributed by atoms with E-state index in [1.165, 1.54) is 18.6 Å². The van der Waals surface area contributed by atoms with Crippen molar-refractivity contribution in [3.63, 3.8) is 0 Å². The number of carboxylic acids is 1. The number of benzene rings is 2. The van der Waals surface area contributed by atoms with Gasteiger partial charge in [0.25, 0.3) is 5.89 Å². The molecule has 1 saturated carbocycles. The monoisotopic (exact) mass is 461 g/mol. The highest BCUT2D eigenvalue weighted by Gasteiger charge is 2.32. The molecule has 176 valence electrons. The van der Waals surface area contributed by atoms with E-state index in [0.29, 0.717) is 24.8 Å². The van der Waals surface area contributed by atoms with Crippen molar-refractivity contribution in [3.05, 3.63) is 77.4 Å². The zero-order valence-electron chi connectivity index (χ0n) is 19.0. The van der Waals surface area contributed by atoms with Crippen LogP contribution in [-0.2, 0) is 16.8 Å². The average Bonchev–Trinajstić information content (AvgIpc) is 3.30. The first-order valence-corrected chi connectivity index (χ1v) is 11.8. The third-order valence-corrected chi connectivity index (χ3v) is 7.08. The van der Waals surface area contributed by atoms with E-state index in [1.54, 1.807) is 0 Å². The van der Waals surface area contributed by atoms with E-state index >= 15 is 0 Å². The molecule has 2 aromatic carbocycles. The molecule has 0 amide bonds. The third kappa shape index (κ3) is 4.80. The molecular formula is C27H28FN3O3. The molecule has 6 nitrogen and oxygen atoms in total. The van der Waals surface area contributed by atoms with Crippen LogP contribution in [0.1, 0.15) is 49.1 Å². The molecule has 1 saturated heterocycles. The van der Waals surface area contributed by atoms with Crippen molar-refractivity contribution in [2.45, 2.75) is 44.1 Å². The second kappa shape index (κ2) is 9.50. The van der Waals surface area contributed by atoms with Gasteiger partial charge < -0.3 is 9.63 Å². The first-order valence-electron chi connectivity index (χ1n) is 11.8. The van der Waals surface area contributed by atoms with Crippen molar-refractivity contribution < 1.29 is 18.8 Å². The molecular weight excluding hydrogens is 433 g/mol. The number of carboxylic acid groups (broad SMARTS) is 1. The van der Waals surface area contributed by atoms with Gasteiger partial charge in [-0.2, -0.15) is 4.98 Å². The Balaban J connectivity index is 1.27. The van der Waals surface area contributed by atoms with Crippen LogP contribution in [0.2, 0.25) is 0 Å². The molecule has 0 bridgehead atoms. The zero-order valence-corrected chi connectivity index (χ0v) is 19.0. The van der Waals surface area contributed by atoms with Gasteiger partial charge in [-0.3, -0.25) is 9.69 Å². The van der Waals surface area contributed by atoms with Gasteiger partial charge in [0.15, 0.2) is 0 Å². The van der Waals surface area contributed by atoms with Gasteiger partial charge in [0, 0.05) is 36.7 Å². The summed E-state index contributed by atoms with van der Waals surface area (Å²) in [4.78, 5) is 17.6. The second-order valence-electron chi connectivity index (χ2n) is 9.44. The van der Waals surface area contributed by atoms with Crippen molar-refractivity contribution in [1.82, 2.24) is 15.0 Å². The van der Waals surface area contributed by atoms with Crippen LogP contribution in [0.4, 0.5) is 4.39 Å². The van der Waals surface area contributed by atoms with E-state index in [9.17, 15) is 9.18 Å². The van der Waals surface area contributed by atoms with Gasteiger partial charge in [-0.05, 0) is 36.1 Å². The molecule has 34 heavy (non-hydrogen) atoms. The molecule has 2 fully saturated rings. The highest BCUT2D eigenvalue weighted by molar-refractivity contribution is 5.71. The summed E-state index contributed by atoms with van der Waals surface area (Å²) in [5.74, 6) is -0.214. The number of likely N-dealkylation sites (tertiary alicyclic amines) is 1. The summed E-state index contributed by atoms with van der Waals surface area (Å²) < 4.78 is 19.0. The SMILES string of the molecule is O=C(O)C1CN(Cc2ccc(-c3noc(C=CC4(c5ccc(F)cc5)CCCCC4)n3)cc2)C1. The number of nitrogens with zero attached hydrogens (tertiary/aromatic N) is 3. The minimum absolute atomic E-state index is 0.140. The summed E-state index contributed by atoms with van der Waals surface area (Å²) in [6.07, 6.45) is 9.56. The maximum Gasteiger partial charge on any atom is 0.309 e. The molecule has 0 radical (unpaired) electrons. The van der Waals surface area contributed by atoms with E-state index in [1.807, 2.05) is 42.5 Å². The molecule has 1 aliphatic heterocycles. The van der Waals surface area contributed by atoms with Crippen LogP contribution in [0.5, 0.6) is 0 Å². The molecule has 5 rings (SSSR count). The first kappa shape index (κ1) is 22.5. The zero-order chi connectivity index (χ0) is 23.5. The minimum atomic E-state index is -0.722. The lowest BCUT2D eigenvalue weighted by Gasteiger charge is -2.36. The Labute approximate surface area is 198 Å². The summed E-state index contributed by atoms with van der Waals surface area (Å²) in [5.41, 5.74) is 2.97. The highest BCUT2D eigenvalue weighted by Crippen LogP contribution is 2.41. The van der Waals surface area contributed by atoms with Gasteiger partial charge in [-0.1, -0.05) is 66.9 Å². The normalized spacial score (nSPS) is 18.7. The van der Waals surface area contributed by atoms with E-state index in [2.05, 4.69) is 21.1 Å². The number of halogens is 1. The van der Waals surface area contributed by atoms with Crippen LogP contribution in [0.15, 0.2) is 59.1 Å². The van der Waals surface area contributed by atoms with Crippen LogP contribution in [-0.4, -0.2) is 39.2 Å². The van der Waals surface area contributed by atoms with Crippen molar-refractivity contribution in [1.29, 1.82) is 0 Å². The Kier molecular flexibility index (Phi) is 6.28. The number of hydrogen-bond donors (Lipinski definition) is 1. The average molecular weight is 462 g/mol. The second-order valence-corrected chi connectivity index (χ2v) is 9.44. The minimum Gasteiger partial charge on any atom is -0.481 e.